The van der Waals surface area contributed by atoms with Crippen LogP contribution in [0, 0.1) is 5.92 Å². The number of carbonyl (C=O) groups is 1. The van der Waals surface area contributed by atoms with Gasteiger partial charge < -0.3 is 10.1 Å². The zero-order valence-electron chi connectivity index (χ0n) is 11.7. The van der Waals surface area contributed by atoms with Crippen molar-refractivity contribution in [3.05, 3.63) is 29.8 Å². The summed E-state index contributed by atoms with van der Waals surface area (Å²) < 4.78 is 43.8. The van der Waals surface area contributed by atoms with E-state index in [1.165, 1.54) is 18.2 Å². The molecule has 1 aliphatic carbocycles. The third-order valence-corrected chi connectivity index (χ3v) is 3.87. The summed E-state index contributed by atoms with van der Waals surface area (Å²) in [6.07, 6.45) is -1.53. The van der Waals surface area contributed by atoms with Gasteiger partial charge in [0.2, 0.25) is 5.91 Å². The van der Waals surface area contributed by atoms with E-state index in [0.717, 1.165) is 18.9 Å². The van der Waals surface area contributed by atoms with Gasteiger partial charge in [0.1, 0.15) is 0 Å². The van der Waals surface area contributed by atoms with E-state index in [-0.39, 0.29) is 23.6 Å². The first-order valence-electron chi connectivity index (χ1n) is 6.91. The second-order valence-electron chi connectivity index (χ2n) is 5.24. The summed E-state index contributed by atoms with van der Waals surface area (Å²) in [6.45, 7) is 0. The molecular formula is C15H18F3NO2. The van der Waals surface area contributed by atoms with Crippen LogP contribution in [0.5, 0.6) is 0 Å². The monoisotopic (exact) mass is 301 g/mol. The third kappa shape index (κ3) is 3.97. The minimum atomic E-state index is -4.47. The number of benzene rings is 1. The molecule has 1 N–H and O–H groups in total. The van der Waals surface area contributed by atoms with Crippen LogP contribution in [-0.2, 0) is 15.7 Å². The number of para-hydroxylation sites is 1. The largest absolute Gasteiger partial charge is 0.418 e. The fourth-order valence-corrected chi connectivity index (χ4v) is 2.63. The zero-order chi connectivity index (χ0) is 15.5. The van der Waals surface area contributed by atoms with Crippen molar-refractivity contribution in [2.24, 2.45) is 5.92 Å². The van der Waals surface area contributed by atoms with E-state index in [1.807, 2.05) is 0 Å². The van der Waals surface area contributed by atoms with Gasteiger partial charge in [0, 0.05) is 13.0 Å². The van der Waals surface area contributed by atoms with Gasteiger partial charge >= 0.3 is 6.18 Å². The van der Waals surface area contributed by atoms with Crippen LogP contribution in [-0.4, -0.2) is 19.1 Å². The van der Waals surface area contributed by atoms with Crippen molar-refractivity contribution < 1.29 is 22.7 Å². The Kier molecular flexibility index (Phi) is 4.88. The molecule has 0 atom stereocenters. The number of carbonyl (C=O) groups excluding carboxylic acids is 1. The quantitative estimate of drug-likeness (QED) is 0.921. The van der Waals surface area contributed by atoms with E-state index in [0.29, 0.717) is 12.8 Å². The number of amides is 1. The van der Waals surface area contributed by atoms with Crippen molar-refractivity contribution in [2.75, 3.05) is 12.4 Å². The van der Waals surface area contributed by atoms with Crippen LogP contribution in [0.1, 0.15) is 31.2 Å². The summed E-state index contributed by atoms with van der Waals surface area (Å²) in [5.74, 6) is -0.598. The summed E-state index contributed by atoms with van der Waals surface area (Å²) in [5.41, 5.74) is -0.993. The van der Waals surface area contributed by atoms with Crippen molar-refractivity contribution in [3.8, 4) is 0 Å². The molecule has 21 heavy (non-hydrogen) atoms. The molecule has 0 radical (unpaired) electrons. The molecule has 1 fully saturated rings. The van der Waals surface area contributed by atoms with Crippen molar-refractivity contribution >= 4 is 11.6 Å². The van der Waals surface area contributed by atoms with Crippen molar-refractivity contribution in [1.82, 2.24) is 0 Å². The van der Waals surface area contributed by atoms with Crippen LogP contribution >= 0.6 is 0 Å². The first-order chi connectivity index (χ1) is 9.91. The number of methoxy groups -OCH3 is 1. The molecule has 0 aromatic heterocycles. The van der Waals surface area contributed by atoms with Gasteiger partial charge in [0.05, 0.1) is 17.4 Å². The number of halogens is 3. The predicted molar refractivity (Wildman–Crippen MR) is 72.8 cm³/mol. The standard InChI is InChI=1S/C15H18F3NO2/c1-21-11-8-6-10(7-9-11)14(20)19-13-5-3-2-4-12(13)15(16,17)18/h2-5,10-11H,6-9H2,1H3,(H,19,20). The molecule has 116 valence electrons. The number of ether oxygens (including phenoxy) is 1. The van der Waals surface area contributed by atoms with Gasteiger partial charge in [-0.2, -0.15) is 13.2 Å². The number of hydrogen-bond donors (Lipinski definition) is 1. The van der Waals surface area contributed by atoms with Crippen LogP contribution in [0.2, 0.25) is 0 Å². The molecule has 0 bridgehead atoms. The molecule has 0 unspecified atom stereocenters. The van der Waals surface area contributed by atoms with Crippen LogP contribution in [0.4, 0.5) is 18.9 Å². The van der Waals surface area contributed by atoms with E-state index < -0.39 is 11.7 Å². The average Bonchev–Trinajstić information content (AvgIpc) is 2.47. The second kappa shape index (κ2) is 6.47. The lowest BCUT2D eigenvalue weighted by atomic mass is 9.86. The number of anilines is 1. The van der Waals surface area contributed by atoms with Crippen LogP contribution < -0.4 is 5.32 Å². The van der Waals surface area contributed by atoms with Gasteiger partial charge in [-0.3, -0.25) is 4.79 Å². The fourth-order valence-electron chi connectivity index (χ4n) is 2.63. The summed E-state index contributed by atoms with van der Waals surface area (Å²) in [6, 6.07) is 5.04. The Bertz CT molecular complexity index is 494. The highest BCUT2D eigenvalue weighted by Crippen LogP contribution is 2.35. The van der Waals surface area contributed by atoms with Crippen LogP contribution in [0.3, 0.4) is 0 Å². The number of nitrogens with one attached hydrogen (secondary N) is 1. The van der Waals surface area contributed by atoms with E-state index in [4.69, 9.17) is 4.74 Å². The summed E-state index contributed by atoms with van der Waals surface area (Å²) in [4.78, 5) is 12.1. The molecule has 1 aromatic rings. The number of hydrogen-bond acceptors (Lipinski definition) is 2. The summed E-state index contributed by atoms with van der Waals surface area (Å²) in [5, 5.41) is 2.42. The van der Waals surface area contributed by atoms with Gasteiger partial charge in [-0.15, -0.1) is 0 Å². The predicted octanol–water partition coefficient (Wildman–Crippen LogP) is 3.85. The minimum absolute atomic E-state index is 0.150. The summed E-state index contributed by atoms with van der Waals surface area (Å²) in [7, 11) is 1.63. The molecule has 1 saturated carbocycles. The Labute approximate surface area is 121 Å². The highest BCUT2D eigenvalue weighted by atomic mass is 19.4. The average molecular weight is 301 g/mol. The van der Waals surface area contributed by atoms with Crippen molar-refractivity contribution in [3.63, 3.8) is 0 Å². The Morgan fingerprint density at radius 3 is 2.38 bits per heavy atom. The van der Waals surface area contributed by atoms with Gasteiger partial charge in [-0.25, -0.2) is 0 Å². The SMILES string of the molecule is COC1CCC(C(=O)Nc2ccccc2C(F)(F)F)CC1. The number of alkyl halides is 3. The van der Waals surface area contributed by atoms with Crippen molar-refractivity contribution in [1.29, 1.82) is 0 Å². The normalized spacial score (nSPS) is 22.9. The lowest BCUT2D eigenvalue weighted by Crippen LogP contribution is -2.30. The van der Waals surface area contributed by atoms with Crippen LogP contribution in [0.15, 0.2) is 24.3 Å². The molecule has 0 aliphatic heterocycles. The third-order valence-electron chi connectivity index (χ3n) is 3.87. The Balaban J connectivity index is 2.04. The molecule has 2 rings (SSSR count). The molecule has 1 amide bonds. The summed E-state index contributed by atoms with van der Waals surface area (Å²) >= 11 is 0. The molecule has 1 aromatic carbocycles. The lowest BCUT2D eigenvalue weighted by molar-refractivity contribution is -0.137. The van der Waals surface area contributed by atoms with Gasteiger partial charge in [0.15, 0.2) is 0 Å². The Hall–Kier alpha value is -1.56. The Morgan fingerprint density at radius 2 is 1.81 bits per heavy atom. The van der Waals surface area contributed by atoms with Gasteiger partial charge in [0.25, 0.3) is 0 Å². The molecule has 3 nitrogen and oxygen atoms in total. The highest BCUT2D eigenvalue weighted by Gasteiger charge is 2.34. The Morgan fingerprint density at radius 1 is 1.19 bits per heavy atom. The maximum atomic E-state index is 12.9. The van der Waals surface area contributed by atoms with E-state index in [2.05, 4.69) is 5.32 Å². The smallest absolute Gasteiger partial charge is 0.381 e. The highest BCUT2D eigenvalue weighted by molar-refractivity contribution is 5.93. The number of rotatable bonds is 3. The van der Waals surface area contributed by atoms with E-state index >= 15 is 0 Å². The maximum Gasteiger partial charge on any atom is 0.418 e. The minimum Gasteiger partial charge on any atom is -0.381 e. The second-order valence-corrected chi connectivity index (χ2v) is 5.24. The van der Waals surface area contributed by atoms with Gasteiger partial charge in [-0.1, -0.05) is 12.1 Å². The van der Waals surface area contributed by atoms with E-state index in [9.17, 15) is 18.0 Å². The maximum absolute atomic E-state index is 12.9. The first-order valence-corrected chi connectivity index (χ1v) is 6.91. The molecule has 0 spiro atoms. The molecule has 0 heterocycles. The molecule has 0 saturated heterocycles. The molecule has 6 heteroatoms. The zero-order valence-corrected chi connectivity index (χ0v) is 11.7. The van der Waals surface area contributed by atoms with Crippen LogP contribution in [0.25, 0.3) is 0 Å². The topological polar surface area (TPSA) is 38.3 Å². The first kappa shape index (κ1) is 15.8. The van der Waals surface area contributed by atoms with Gasteiger partial charge in [-0.05, 0) is 37.8 Å². The lowest BCUT2D eigenvalue weighted by Gasteiger charge is -2.27. The molecular weight excluding hydrogens is 283 g/mol. The molecule has 1 aliphatic rings. The van der Waals surface area contributed by atoms with Crippen molar-refractivity contribution in [2.45, 2.75) is 38.0 Å². The van der Waals surface area contributed by atoms with E-state index in [1.54, 1.807) is 7.11 Å². The fraction of sp³-hybridized carbons (Fsp3) is 0.533.